The lowest BCUT2D eigenvalue weighted by atomic mass is 9.58. The first-order valence-electron chi connectivity index (χ1n) is 8.28. The molecule has 0 bridgehead atoms. The average Bonchev–Trinajstić information content (AvgIpc) is 2.92. The van der Waals surface area contributed by atoms with Gasteiger partial charge >= 0.3 is 5.97 Å². The highest BCUT2D eigenvalue weighted by atomic mass is 16.5. The van der Waals surface area contributed by atoms with Crippen LogP contribution in [0.25, 0.3) is 0 Å². The van der Waals surface area contributed by atoms with Gasteiger partial charge in [-0.1, -0.05) is 36.4 Å². The molecule has 2 aromatic carbocycles. The van der Waals surface area contributed by atoms with Gasteiger partial charge in [0.25, 0.3) is 5.91 Å². The molecule has 2 aliphatic rings. The minimum atomic E-state index is -1.63. The first kappa shape index (κ1) is 16.3. The number of β-lactam (4-membered cyclic amide) rings is 1. The second-order valence-corrected chi connectivity index (χ2v) is 6.68. The number of hydrogen-bond acceptors (Lipinski definition) is 4. The summed E-state index contributed by atoms with van der Waals surface area (Å²) in [7, 11) is 2.88. The van der Waals surface area contributed by atoms with E-state index in [2.05, 4.69) is 0 Å². The number of rotatable bonds is 2. The van der Waals surface area contributed by atoms with Gasteiger partial charge < -0.3 is 9.64 Å². The van der Waals surface area contributed by atoms with Gasteiger partial charge in [0, 0.05) is 24.0 Å². The molecule has 0 saturated carbocycles. The van der Waals surface area contributed by atoms with Gasteiger partial charge in [-0.15, -0.1) is 0 Å². The number of anilines is 2. The number of carbonyl (C=O) groups is 3. The molecule has 1 spiro atoms. The van der Waals surface area contributed by atoms with Gasteiger partial charge in [0.1, 0.15) is 0 Å². The van der Waals surface area contributed by atoms with E-state index in [1.165, 1.54) is 23.8 Å². The summed E-state index contributed by atoms with van der Waals surface area (Å²) in [6.45, 7) is 1.49. The minimum Gasteiger partial charge on any atom is -0.468 e. The minimum absolute atomic E-state index is 0.324. The van der Waals surface area contributed by atoms with E-state index in [9.17, 15) is 14.4 Å². The van der Waals surface area contributed by atoms with E-state index in [-0.39, 0.29) is 5.91 Å². The van der Waals surface area contributed by atoms with Crippen molar-refractivity contribution >= 4 is 29.2 Å². The molecule has 1 fully saturated rings. The highest BCUT2D eigenvalue weighted by Gasteiger charge is 2.81. The number of para-hydroxylation sites is 2. The molecular weight excluding hydrogens is 332 g/mol. The maximum absolute atomic E-state index is 13.5. The van der Waals surface area contributed by atoms with Crippen molar-refractivity contribution in [3.63, 3.8) is 0 Å². The summed E-state index contributed by atoms with van der Waals surface area (Å²) in [4.78, 5) is 42.2. The highest BCUT2D eigenvalue weighted by molar-refractivity contribution is 6.30. The Morgan fingerprint density at radius 2 is 1.58 bits per heavy atom. The molecule has 2 aliphatic heterocycles. The van der Waals surface area contributed by atoms with Crippen molar-refractivity contribution in [1.82, 2.24) is 0 Å². The third-order valence-corrected chi connectivity index (χ3v) is 5.57. The highest BCUT2D eigenvalue weighted by Crippen LogP contribution is 2.62. The van der Waals surface area contributed by atoms with Gasteiger partial charge in [-0.05, 0) is 25.1 Å². The third kappa shape index (κ3) is 1.55. The lowest BCUT2D eigenvalue weighted by Crippen LogP contribution is -2.80. The Balaban J connectivity index is 2.05. The van der Waals surface area contributed by atoms with Crippen LogP contribution in [0.3, 0.4) is 0 Å². The van der Waals surface area contributed by atoms with Crippen molar-refractivity contribution in [2.45, 2.75) is 12.5 Å². The van der Waals surface area contributed by atoms with Crippen LogP contribution < -0.4 is 9.80 Å². The number of methoxy groups -OCH3 is 1. The Bertz CT molecular complexity index is 942. The van der Waals surface area contributed by atoms with Crippen LogP contribution in [0.4, 0.5) is 11.4 Å². The van der Waals surface area contributed by atoms with E-state index in [1.54, 1.807) is 43.4 Å². The van der Waals surface area contributed by atoms with E-state index < -0.39 is 22.8 Å². The lowest BCUT2D eigenvalue weighted by Gasteiger charge is -2.58. The number of carbonyl (C=O) groups excluding carboxylic acids is 3. The van der Waals surface area contributed by atoms with Crippen LogP contribution in [0.5, 0.6) is 0 Å². The molecule has 0 aliphatic carbocycles. The zero-order chi connectivity index (χ0) is 18.7. The Labute approximate surface area is 151 Å². The smallest absolute Gasteiger partial charge is 0.324 e. The van der Waals surface area contributed by atoms with Crippen LogP contribution in [-0.2, 0) is 24.7 Å². The van der Waals surface area contributed by atoms with E-state index in [4.69, 9.17) is 4.74 Å². The van der Waals surface area contributed by atoms with Gasteiger partial charge in [0.15, 0.2) is 11.0 Å². The summed E-state index contributed by atoms with van der Waals surface area (Å²) in [5, 5.41) is 0. The molecule has 0 radical (unpaired) electrons. The monoisotopic (exact) mass is 350 g/mol. The maximum atomic E-state index is 13.5. The quantitative estimate of drug-likeness (QED) is 0.472. The molecule has 2 unspecified atom stereocenters. The van der Waals surface area contributed by atoms with Crippen molar-refractivity contribution in [2.24, 2.45) is 5.41 Å². The summed E-state index contributed by atoms with van der Waals surface area (Å²) >= 11 is 0. The molecule has 0 aromatic heterocycles. The van der Waals surface area contributed by atoms with Gasteiger partial charge in [0.2, 0.25) is 5.91 Å². The fraction of sp³-hybridized carbons (Fsp3) is 0.250. The van der Waals surface area contributed by atoms with Crippen LogP contribution in [0.1, 0.15) is 12.5 Å². The Hall–Kier alpha value is -3.15. The van der Waals surface area contributed by atoms with E-state index in [1.807, 2.05) is 18.2 Å². The van der Waals surface area contributed by atoms with E-state index in [0.717, 1.165) is 0 Å². The zero-order valence-electron chi connectivity index (χ0n) is 14.7. The second kappa shape index (κ2) is 5.17. The number of esters is 1. The number of fused-ring (bicyclic) bond motifs is 2. The number of hydrogen-bond donors (Lipinski definition) is 0. The first-order valence-corrected chi connectivity index (χ1v) is 8.28. The van der Waals surface area contributed by atoms with Crippen molar-refractivity contribution in [2.75, 3.05) is 24.0 Å². The Morgan fingerprint density at radius 1 is 0.962 bits per heavy atom. The zero-order valence-corrected chi connectivity index (χ0v) is 14.7. The lowest BCUT2D eigenvalue weighted by molar-refractivity contribution is -0.175. The Morgan fingerprint density at radius 3 is 2.23 bits per heavy atom. The largest absolute Gasteiger partial charge is 0.468 e. The van der Waals surface area contributed by atoms with Crippen molar-refractivity contribution in [1.29, 1.82) is 0 Å². The van der Waals surface area contributed by atoms with Gasteiger partial charge in [0.05, 0.1) is 7.11 Å². The number of likely N-dealkylation sites (N-methyl/N-ethyl adjacent to an activating group) is 1. The molecule has 4 rings (SSSR count). The molecule has 2 aromatic rings. The molecule has 0 N–H and O–H groups in total. The SMILES string of the molecule is COC(=O)C1(C)C(=O)N(c2ccccc2)C12C(=O)N(C)c1ccccc12. The number of amides is 2. The van der Waals surface area contributed by atoms with Crippen molar-refractivity contribution < 1.29 is 19.1 Å². The molecular formula is C20H18N2O4. The molecule has 2 heterocycles. The van der Waals surface area contributed by atoms with Gasteiger partial charge in [-0.25, -0.2) is 0 Å². The second-order valence-electron chi connectivity index (χ2n) is 6.68. The van der Waals surface area contributed by atoms with Gasteiger partial charge in [-0.2, -0.15) is 0 Å². The summed E-state index contributed by atoms with van der Waals surface area (Å²) in [5.74, 6) is -1.49. The molecule has 2 amide bonds. The molecule has 6 heteroatoms. The van der Waals surface area contributed by atoms with Crippen LogP contribution in [0, 0.1) is 5.41 Å². The maximum Gasteiger partial charge on any atom is 0.324 e. The summed E-state index contributed by atoms with van der Waals surface area (Å²) in [6.07, 6.45) is 0. The van der Waals surface area contributed by atoms with E-state index in [0.29, 0.717) is 16.9 Å². The van der Waals surface area contributed by atoms with E-state index >= 15 is 0 Å². The van der Waals surface area contributed by atoms with Crippen molar-refractivity contribution in [3.05, 3.63) is 60.2 Å². The molecule has 1 saturated heterocycles. The summed E-state index contributed by atoms with van der Waals surface area (Å²) in [6, 6.07) is 16.2. The topological polar surface area (TPSA) is 66.9 Å². The normalized spacial score (nSPS) is 26.7. The molecule has 2 atom stereocenters. The molecule has 132 valence electrons. The fourth-order valence-electron chi connectivity index (χ4n) is 4.27. The van der Waals surface area contributed by atoms with Crippen molar-refractivity contribution in [3.8, 4) is 0 Å². The van der Waals surface area contributed by atoms with Gasteiger partial charge in [-0.3, -0.25) is 19.3 Å². The molecule has 26 heavy (non-hydrogen) atoms. The van der Waals surface area contributed by atoms with Crippen LogP contribution in [-0.4, -0.2) is 31.9 Å². The predicted octanol–water partition coefficient (Wildman–Crippen LogP) is 2.08. The Kier molecular flexibility index (Phi) is 3.25. The molecule has 6 nitrogen and oxygen atoms in total. The van der Waals surface area contributed by atoms with Crippen LogP contribution >= 0.6 is 0 Å². The fourth-order valence-corrected chi connectivity index (χ4v) is 4.27. The summed E-state index contributed by atoms with van der Waals surface area (Å²) in [5.41, 5.74) is -1.21. The van der Waals surface area contributed by atoms with Crippen LogP contribution in [0.15, 0.2) is 54.6 Å². The number of ether oxygens (including phenoxy) is 1. The predicted molar refractivity (Wildman–Crippen MR) is 95.6 cm³/mol. The first-order chi connectivity index (χ1) is 12.4. The number of nitrogens with zero attached hydrogens (tertiary/aromatic N) is 2. The van der Waals surface area contributed by atoms with Crippen LogP contribution in [0.2, 0.25) is 0 Å². The number of benzene rings is 2. The summed E-state index contributed by atoms with van der Waals surface area (Å²) < 4.78 is 4.94. The standard InChI is InChI=1S/C20H18N2O4/c1-19(18(25)26-3)16(23)22(13-9-5-4-6-10-13)20(19)14-11-7-8-12-15(14)21(2)17(20)24/h4-12H,1-3H3. The third-order valence-electron chi connectivity index (χ3n) is 5.57. The average molecular weight is 350 g/mol.